The highest BCUT2D eigenvalue weighted by atomic mass is 16.4. The molecular weight excluding hydrogens is 274 g/mol. The first-order chi connectivity index (χ1) is 9.66. The Hall–Kier alpha value is -2.37. The molecule has 1 fully saturated rings. The van der Waals surface area contributed by atoms with E-state index in [1.807, 2.05) is 0 Å². The Balaban J connectivity index is 2.17. The van der Waals surface area contributed by atoms with Crippen LogP contribution in [0.1, 0.15) is 31.1 Å². The van der Waals surface area contributed by atoms with E-state index >= 15 is 0 Å². The summed E-state index contributed by atoms with van der Waals surface area (Å²) in [6.07, 6.45) is 0. The second-order valence-electron chi connectivity index (χ2n) is 5.89. The van der Waals surface area contributed by atoms with Crippen LogP contribution in [0.2, 0.25) is 0 Å². The number of aromatic hydroxyl groups is 1. The van der Waals surface area contributed by atoms with Crippen molar-refractivity contribution in [3.8, 4) is 5.75 Å². The SMILES string of the molecule is CC(=O)c1cc(NC(=O)C2C(C(=O)O)C2(C)C)ccc1O. The Kier molecular flexibility index (Phi) is 3.49. The molecule has 3 N–H and O–H groups in total. The number of hydrogen-bond donors (Lipinski definition) is 3. The van der Waals surface area contributed by atoms with Crippen LogP contribution < -0.4 is 5.32 Å². The van der Waals surface area contributed by atoms with Crippen molar-refractivity contribution in [2.45, 2.75) is 20.8 Å². The largest absolute Gasteiger partial charge is 0.507 e. The monoisotopic (exact) mass is 291 g/mol. The standard InChI is InChI=1S/C15H17NO5/c1-7(17)9-6-8(4-5-10(9)18)16-13(19)11-12(14(20)21)15(11,2)3/h4-6,11-12,18H,1-3H3,(H,16,19)(H,20,21). The Morgan fingerprint density at radius 1 is 1.19 bits per heavy atom. The van der Waals surface area contributed by atoms with Gasteiger partial charge in [0.2, 0.25) is 5.91 Å². The zero-order chi connectivity index (χ0) is 15.9. The van der Waals surface area contributed by atoms with Crippen LogP contribution in [0.4, 0.5) is 5.69 Å². The third-order valence-corrected chi connectivity index (χ3v) is 4.02. The summed E-state index contributed by atoms with van der Waals surface area (Å²) in [5.74, 6) is -3.18. The number of benzene rings is 1. The van der Waals surface area contributed by atoms with Crippen molar-refractivity contribution in [2.24, 2.45) is 17.3 Å². The second-order valence-corrected chi connectivity index (χ2v) is 5.89. The summed E-state index contributed by atoms with van der Waals surface area (Å²) in [7, 11) is 0. The summed E-state index contributed by atoms with van der Waals surface area (Å²) in [4.78, 5) is 34.6. The maximum absolute atomic E-state index is 12.1. The first kappa shape index (κ1) is 15.0. The molecule has 1 saturated carbocycles. The van der Waals surface area contributed by atoms with E-state index in [9.17, 15) is 19.5 Å². The molecule has 0 saturated heterocycles. The number of carboxylic acids is 1. The molecule has 2 atom stereocenters. The van der Waals surface area contributed by atoms with Gasteiger partial charge in [-0.3, -0.25) is 14.4 Å². The van der Waals surface area contributed by atoms with Gasteiger partial charge in [0.05, 0.1) is 17.4 Å². The van der Waals surface area contributed by atoms with E-state index < -0.39 is 29.1 Å². The number of carbonyl (C=O) groups is 3. The predicted octanol–water partition coefficient (Wildman–Crippen LogP) is 1.89. The van der Waals surface area contributed by atoms with Crippen LogP contribution >= 0.6 is 0 Å². The van der Waals surface area contributed by atoms with Crippen molar-refractivity contribution in [3.05, 3.63) is 23.8 Å². The van der Waals surface area contributed by atoms with Crippen molar-refractivity contribution in [1.29, 1.82) is 0 Å². The van der Waals surface area contributed by atoms with Gasteiger partial charge in [0.1, 0.15) is 5.75 Å². The van der Waals surface area contributed by atoms with Gasteiger partial charge in [-0.25, -0.2) is 0 Å². The lowest BCUT2D eigenvalue weighted by molar-refractivity contribution is -0.140. The number of rotatable bonds is 4. The summed E-state index contributed by atoms with van der Waals surface area (Å²) < 4.78 is 0. The second kappa shape index (κ2) is 4.87. The highest BCUT2D eigenvalue weighted by molar-refractivity contribution is 6.02. The fourth-order valence-corrected chi connectivity index (χ4v) is 2.70. The third kappa shape index (κ3) is 2.61. The van der Waals surface area contributed by atoms with Gasteiger partial charge >= 0.3 is 5.97 Å². The van der Waals surface area contributed by atoms with Crippen molar-refractivity contribution in [1.82, 2.24) is 0 Å². The van der Waals surface area contributed by atoms with Crippen LogP contribution in [0.5, 0.6) is 5.75 Å². The average Bonchev–Trinajstić information content (AvgIpc) is 2.94. The molecule has 1 aliphatic rings. The Labute approximate surface area is 121 Å². The first-order valence-electron chi connectivity index (χ1n) is 6.54. The minimum atomic E-state index is -0.990. The zero-order valence-corrected chi connectivity index (χ0v) is 12.0. The van der Waals surface area contributed by atoms with Crippen LogP contribution in [0.25, 0.3) is 0 Å². The average molecular weight is 291 g/mol. The fraction of sp³-hybridized carbons (Fsp3) is 0.400. The molecular formula is C15H17NO5. The smallest absolute Gasteiger partial charge is 0.307 e. The minimum Gasteiger partial charge on any atom is -0.507 e. The molecule has 6 heteroatoms. The summed E-state index contributed by atoms with van der Waals surface area (Å²) in [6, 6.07) is 4.16. The van der Waals surface area contributed by atoms with Gasteiger partial charge in [-0.05, 0) is 30.5 Å². The first-order valence-corrected chi connectivity index (χ1v) is 6.54. The van der Waals surface area contributed by atoms with E-state index in [0.717, 1.165) is 0 Å². The van der Waals surface area contributed by atoms with Crippen LogP contribution in [0, 0.1) is 17.3 Å². The van der Waals surface area contributed by atoms with Gasteiger partial charge in [-0.1, -0.05) is 13.8 Å². The fourth-order valence-electron chi connectivity index (χ4n) is 2.70. The van der Waals surface area contributed by atoms with Crippen molar-refractivity contribution in [3.63, 3.8) is 0 Å². The number of aliphatic carboxylic acids is 1. The summed E-state index contributed by atoms with van der Waals surface area (Å²) in [5.41, 5.74) is -0.122. The van der Waals surface area contributed by atoms with Gasteiger partial charge in [0.15, 0.2) is 5.78 Å². The Morgan fingerprint density at radius 2 is 1.81 bits per heavy atom. The minimum absolute atomic E-state index is 0.109. The molecule has 21 heavy (non-hydrogen) atoms. The summed E-state index contributed by atoms with van der Waals surface area (Å²) in [6.45, 7) is 4.77. The highest BCUT2D eigenvalue weighted by Crippen LogP contribution is 2.58. The van der Waals surface area contributed by atoms with E-state index in [0.29, 0.717) is 5.69 Å². The van der Waals surface area contributed by atoms with E-state index in [1.54, 1.807) is 13.8 Å². The lowest BCUT2D eigenvalue weighted by atomic mass is 10.1. The van der Waals surface area contributed by atoms with Crippen LogP contribution in [-0.2, 0) is 9.59 Å². The van der Waals surface area contributed by atoms with Gasteiger partial charge in [-0.2, -0.15) is 0 Å². The van der Waals surface area contributed by atoms with Crippen LogP contribution in [0.3, 0.4) is 0 Å². The summed E-state index contributed by atoms with van der Waals surface area (Å²) >= 11 is 0. The lowest BCUT2D eigenvalue weighted by Crippen LogP contribution is -2.18. The van der Waals surface area contributed by atoms with E-state index in [2.05, 4.69) is 5.32 Å². The number of nitrogens with one attached hydrogen (secondary N) is 1. The van der Waals surface area contributed by atoms with Crippen LogP contribution in [-0.4, -0.2) is 27.9 Å². The van der Waals surface area contributed by atoms with Crippen molar-refractivity contribution in [2.75, 3.05) is 5.32 Å². The molecule has 2 unspecified atom stereocenters. The van der Waals surface area contributed by atoms with Crippen molar-refractivity contribution >= 4 is 23.3 Å². The Bertz CT molecular complexity index is 635. The number of carbonyl (C=O) groups excluding carboxylic acids is 2. The number of anilines is 1. The topological polar surface area (TPSA) is 104 Å². The zero-order valence-electron chi connectivity index (χ0n) is 12.0. The normalized spacial score (nSPS) is 22.4. The number of carboxylic acid groups (broad SMARTS) is 1. The molecule has 0 spiro atoms. The van der Waals surface area contributed by atoms with Crippen LogP contribution in [0.15, 0.2) is 18.2 Å². The number of Topliss-reactive ketones (excluding diaryl/α,β-unsaturated/α-hetero) is 1. The number of phenols is 1. The molecule has 6 nitrogen and oxygen atoms in total. The number of phenolic OH excluding ortho intramolecular Hbond substituents is 1. The molecule has 1 aromatic carbocycles. The molecule has 0 radical (unpaired) electrons. The van der Waals surface area contributed by atoms with Gasteiger partial charge in [0, 0.05) is 5.69 Å². The third-order valence-electron chi connectivity index (χ3n) is 4.02. The van der Waals surface area contributed by atoms with Gasteiger partial charge in [0.25, 0.3) is 0 Å². The molecule has 1 amide bonds. The summed E-state index contributed by atoms with van der Waals surface area (Å²) in [5, 5.41) is 21.2. The molecule has 0 aromatic heterocycles. The number of hydrogen-bond acceptors (Lipinski definition) is 4. The highest BCUT2D eigenvalue weighted by Gasteiger charge is 2.65. The molecule has 0 bridgehead atoms. The maximum Gasteiger partial charge on any atom is 0.307 e. The van der Waals surface area contributed by atoms with E-state index in [1.165, 1.54) is 25.1 Å². The predicted molar refractivity (Wildman–Crippen MR) is 75.1 cm³/mol. The van der Waals surface area contributed by atoms with Crippen molar-refractivity contribution < 1.29 is 24.6 Å². The number of ketones is 1. The maximum atomic E-state index is 12.1. The molecule has 0 heterocycles. The molecule has 112 valence electrons. The quantitative estimate of drug-likeness (QED) is 0.580. The van der Waals surface area contributed by atoms with Gasteiger partial charge in [-0.15, -0.1) is 0 Å². The Morgan fingerprint density at radius 3 is 2.29 bits per heavy atom. The molecule has 0 aliphatic heterocycles. The molecule has 1 aliphatic carbocycles. The van der Waals surface area contributed by atoms with E-state index in [-0.39, 0.29) is 17.1 Å². The number of amides is 1. The lowest BCUT2D eigenvalue weighted by Gasteiger charge is -2.08. The van der Waals surface area contributed by atoms with Gasteiger partial charge < -0.3 is 15.5 Å². The molecule has 2 rings (SSSR count). The van der Waals surface area contributed by atoms with E-state index in [4.69, 9.17) is 5.11 Å². The molecule has 1 aromatic rings.